The third-order valence-corrected chi connectivity index (χ3v) is 5.46. The molecule has 7 nitrogen and oxygen atoms in total. The normalized spacial score (nSPS) is 11.5. The van der Waals surface area contributed by atoms with E-state index in [0.29, 0.717) is 45.1 Å². The smallest absolute Gasteiger partial charge is 0.283 e. The first kappa shape index (κ1) is 20.0. The van der Waals surface area contributed by atoms with E-state index in [2.05, 4.69) is 34.2 Å². The van der Waals surface area contributed by atoms with Gasteiger partial charge in [0.1, 0.15) is 0 Å². The van der Waals surface area contributed by atoms with Crippen LogP contribution in [0.25, 0.3) is 23.0 Å². The summed E-state index contributed by atoms with van der Waals surface area (Å²) in [5.41, 5.74) is 0.786. The molecule has 3 aromatic heterocycles. The van der Waals surface area contributed by atoms with Crippen LogP contribution >= 0.6 is 35.0 Å². The van der Waals surface area contributed by atoms with Crippen LogP contribution in [0.15, 0.2) is 50.6 Å². The van der Waals surface area contributed by atoms with Crippen LogP contribution in [0.1, 0.15) is 19.7 Å². The predicted octanol–water partition coefficient (Wildman–Crippen LogP) is 5.84. The van der Waals surface area contributed by atoms with E-state index in [1.165, 1.54) is 11.8 Å². The van der Waals surface area contributed by atoms with E-state index in [9.17, 15) is 0 Å². The van der Waals surface area contributed by atoms with Crippen LogP contribution in [0.2, 0.25) is 10.0 Å². The molecule has 10 heteroatoms. The molecule has 4 rings (SSSR count). The molecule has 0 atom stereocenters. The summed E-state index contributed by atoms with van der Waals surface area (Å²) in [4.78, 5) is 0. The second-order valence-electron chi connectivity index (χ2n) is 6.70. The third-order valence-electron chi connectivity index (χ3n) is 3.96. The van der Waals surface area contributed by atoms with E-state index in [-0.39, 0.29) is 0 Å². The molecule has 0 saturated heterocycles. The fourth-order valence-electron chi connectivity index (χ4n) is 2.73. The van der Waals surface area contributed by atoms with Gasteiger partial charge in [0, 0.05) is 17.1 Å². The molecule has 1 aromatic carbocycles. The van der Waals surface area contributed by atoms with Gasteiger partial charge in [-0.3, -0.25) is 0 Å². The molecule has 4 aromatic rings. The van der Waals surface area contributed by atoms with Crippen molar-refractivity contribution >= 4 is 35.0 Å². The molecule has 0 unspecified atom stereocenters. The first-order chi connectivity index (χ1) is 14.0. The summed E-state index contributed by atoms with van der Waals surface area (Å²) in [7, 11) is 0. The van der Waals surface area contributed by atoms with Crippen LogP contribution in [0.5, 0.6) is 0 Å². The summed E-state index contributed by atoms with van der Waals surface area (Å²) < 4.78 is 13.0. The van der Waals surface area contributed by atoms with Gasteiger partial charge in [0.05, 0.1) is 17.0 Å². The standard InChI is InChI=1S/C19H17Cl2N5O2S/c1-11(2)9-26-17(13-6-5-12(20)8-14(13)21)23-25-19(26)29-10-16-22-24-18(28-16)15-4-3-7-27-15/h3-8,11H,9-10H2,1-2H3. The Morgan fingerprint density at radius 3 is 2.69 bits per heavy atom. The van der Waals surface area contributed by atoms with E-state index in [1.807, 2.05) is 10.6 Å². The van der Waals surface area contributed by atoms with Crippen LogP contribution < -0.4 is 0 Å². The van der Waals surface area contributed by atoms with Crippen molar-refractivity contribution in [1.29, 1.82) is 0 Å². The fraction of sp³-hybridized carbons (Fsp3) is 0.263. The van der Waals surface area contributed by atoms with Crippen molar-refractivity contribution in [2.45, 2.75) is 31.3 Å². The lowest BCUT2D eigenvalue weighted by Gasteiger charge is -2.13. The number of benzene rings is 1. The van der Waals surface area contributed by atoms with Crippen molar-refractivity contribution in [1.82, 2.24) is 25.0 Å². The molecule has 0 bridgehead atoms. The monoisotopic (exact) mass is 449 g/mol. The number of aromatic nitrogens is 5. The number of hydrogen-bond acceptors (Lipinski definition) is 7. The van der Waals surface area contributed by atoms with Crippen molar-refractivity contribution in [3.8, 4) is 23.0 Å². The van der Waals surface area contributed by atoms with E-state index in [4.69, 9.17) is 32.0 Å². The van der Waals surface area contributed by atoms with Crippen molar-refractivity contribution in [3.63, 3.8) is 0 Å². The Labute approximate surface area is 181 Å². The minimum atomic E-state index is 0.350. The summed E-state index contributed by atoms with van der Waals surface area (Å²) in [5, 5.41) is 18.7. The number of furan rings is 1. The van der Waals surface area contributed by atoms with Gasteiger partial charge in [-0.05, 0) is 36.2 Å². The summed E-state index contributed by atoms with van der Waals surface area (Å²) in [5.74, 6) is 2.91. The van der Waals surface area contributed by atoms with Crippen LogP contribution in [0.3, 0.4) is 0 Å². The Morgan fingerprint density at radius 2 is 1.97 bits per heavy atom. The zero-order valence-electron chi connectivity index (χ0n) is 15.7. The summed E-state index contributed by atoms with van der Waals surface area (Å²) in [6, 6.07) is 8.89. The molecule has 150 valence electrons. The topological polar surface area (TPSA) is 82.8 Å². The molecule has 0 aliphatic heterocycles. The summed E-state index contributed by atoms with van der Waals surface area (Å²) in [6.45, 7) is 5.01. The van der Waals surface area contributed by atoms with Gasteiger partial charge in [0.2, 0.25) is 5.89 Å². The van der Waals surface area contributed by atoms with E-state index >= 15 is 0 Å². The van der Waals surface area contributed by atoms with E-state index in [0.717, 1.165) is 17.3 Å². The minimum Gasteiger partial charge on any atom is -0.459 e. The van der Waals surface area contributed by atoms with Crippen LogP contribution in [0, 0.1) is 5.92 Å². The van der Waals surface area contributed by atoms with Gasteiger partial charge in [-0.15, -0.1) is 20.4 Å². The lowest BCUT2D eigenvalue weighted by molar-refractivity contribution is 0.491. The molecular weight excluding hydrogens is 433 g/mol. The lowest BCUT2D eigenvalue weighted by atomic mass is 10.2. The van der Waals surface area contributed by atoms with Crippen molar-refractivity contribution in [2.24, 2.45) is 5.92 Å². The molecule has 0 amide bonds. The molecule has 3 heterocycles. The largest absolute Gasteiger partial charge is 0.459 e. The first-order valence-corrected chi connectivity index (χ1v) is 10.6. The second-order valence-corrected chi connectivity index (χ2v) is 8.49. The SMILES string of the molecule is CC(C)Cn1c(SCc2nnc(-c3ccco3)o2)nnc1-c1ccc(Cl)cc1Cl. The molecule has 0 saturated carbocycles. The van der Waals surface area contributed by atoms with Gasteiger partial charge in [-0.25, -0.2) is 0 Å². The zero-order valence-corrected chi connectivity index (χ0v) is 18.0. The highest BCUT2D eigenvalue weighted by molar-refractivity contribution is 7.98. The molecule has 0 radical (unpaired) electrons. The Hall–Kier alpha value is -2.29. The highest BCUT2D eigenvalue weighted by Gasteiger charge is 2.19. The van der Waals surface area contributed by atoms with Gasteiger partial charge in [-0.2, -0.15) is 0 Å². The number of halogens is 2. The molecule has 29 heavy (non-hydrogen) atoms. The number of thioether (sulfide) groups is 1. The molecule has 0 N–H and O–H groups in total. The highest BCUT2D eigenvalue weighted by atomic mass is 35.5. The molecule has 0 spiro atoms. The maximum absolute atomic E-state index is 6.39. The Morgan fingerprint density at radius 1 is 1.10 bits per heavy atom. The second kappa shape index (κ2) is 8.61. The van der Waals surface area contributed by atoms with E-state index in [1.54, 1.807) is 30.5 Å². The number of rotatable bonds is 7. The maximum atomic E-state index is 6.39. The highest BCUT2D eigenvalue weighted by Crippen LogP contribution is 2.33. The van der Waals surface area contributed by atoms with Gasteiger partial charge in [-0.1, -0.05) is 48.8 Å². The molecule has 0 aliphatic carbocycles. The van der Waals surface area contributed by atoms with Gasteiger partial charge in [0.25, 0.3) is 5.89 Å². The lowest BCUT2D eigenvalue weighted by Crippen LogP contribution is -2.08. The molecule has 0 fully saturated rings. The third kappa shape index (κ3) is 4.49. The summed E-state index contributed by atoms with van der Waals surface area (Å²) >= 11 is 13.9. The van der Waals surface area contributed by atoms with Crippen molar-refractivity contribution < 1.29 is 8.83 Å². The van der Waals surface area contributed by atoms with Crippen molar-refractivity contribution in [2.75, 3.05) is 0 Å². The molecular formula is C19H17Cl2N5O2S. The predicted molar refractivity (Wildman–Crippen MR) is 112 cm³/mol. The van der Waals surface area contributed by atoms with E-state index < -0.39 is 0 Å². The minimum absolute atomic E-state index is 0.350. The molecule has 0 aliphatic rings. The first-order valence-electron chi connectivity index (χ1n) is 8.89. The van der Waals surface area contributed by atoms with Gasteiger partial charge >= 0.3 is 0 Å². The van der Waals surface area contributed by atoms with Crippen LogP contribution in [0.4, 0.5) is 0 Å². The number of nitrogens with zero attached hydrogens (tertiary/aromatic N) is 5. The summed E-state index contributed by atoms with van der Waals surface area (Å²) in [6.07, 6.45) is 1.56. The average Bonchev–Trinajstić information content (AvgIpc) is 3.41. The quantitative estimate of drug-likeness (QED) is 0.327. The maximum Gasteiger partial charge on any atom is 0.283 e. The Balaban J connectivity index is 1.58. The fourth-order valence-corrected chi connectivity index (χ4v) is 4.01. The van der Waals surface area contributed by atoms with Gasteiger partial charge < -0.3 is 13.4 Å². The number of hydrogen-bond donors (Lipinski definition) is 0. The van der Waals surface area contributed by atoms with Crippen LogP contribution in [-0.2, 0) is 12.3 Å². The van der Waals surface area contributed by atoms with Gasteiger partial charge in [0.15, 0.2) is 16.7 Å². The van der Waals surface area contributed by atoms with Crippen LogP contribution in [-0.4, -0.2) is 25.0 Å². The zero-order chi connectivity index (χ0) is 20.4. The average molecular weight is 450 g/mol. The van der Waals surface area contributed by atoms with Crippen molar-refractivity contribution in [3.05, 3.63) is 52.5 Å². The Bertz CT molecular complexity index is 1110. The Kier molecular flexibility index (Phi) is 5.94.